The fourth-order valence-electron chi connectivity index (χ4n) is 4.06. The van der Waals surface area contributed by atoms with Gasteiger partial charge in [-0.25, -0.2) is 0 Å². The van der Waals surface area contributed by atoms with Gasteiger partial charge in [0.05, 0.1) is 17.7 Å². The van der Waals surface area contributed by atoms with Gasteiger partial charge in [-0.1, -0.05) is 84.4 Å². The zero-order chi connectivity index (χ0) is 26.2. The Morgan fingerprint density at radius 2 is 1.76 bits per heavy atom. The van der Waals surface area contributed by atoms with Crippen LogP contribution in [0.2, 0.25) is 5.02 Å². The summed E-state index contributed by atoms with van der Waals surface area (Å²) in [5.74, 6) is 0.385. The molecule has 0 spiro atoms. The van der Waals surface area contributed by atoms with E-state index >= 15 is 0 Å². The summed E-state index contributed by atoms with van der Waals surface area (Å²) in [6, 6.07) is 28.9. The molecule has 0 aliphatic carbocycles. The summed E-state index contributed by atoms with van der Waals surface area (Å²) in [7, 11) is 0. The highest BCUT2D eigenvalue weighted by Crippen LogP contribution is 2.38. The largest absolute Gasteiger partial charge is 0.490 e. The number of hydrogen-bond acceptors (Lipinski definition) is 4. The Labute approximate surface area is 221 Å². The van der Waals surface area contributed by atoms with Crippen LogP contribution >= 0.6 is 11.6 Å². The molecule has 4 rings (SSSR count). The highest BCUT2D eigenvalue weighted by molar-refractivity contribution is 6.32. The maximum absolute atomic E-state index is 12.8. The molecule has 37 heavy (non-hydrogen) atoms. The summed E-state index contributed by atoms with van der Waals surface area (Å²) < 4.78 is 11.9. The molecule has 1 N–H and O–H groups in total. The van der Waals surface area contributed by atoms with E-state index in [1.165, 1.54) is 6.08 Å². The molecule has 1 atom stereocenters. The van der Waals surface area contributed by atoms with Gasteiger partial charge in [0.2, 0.25) is 0 Å². The van der Waals surface area contributed by atoms with E-state index in [9.17, 15) is 10.1 Å². The van der Waals surface area contributed by atoms with Crippen LogP contribution < -0.4 is 14.8 Å². The Bertz CT molecular complexity index is 1470. The van der Waals surface area contributed by atoms with Crippen molar-refractivity contribution in [1.29, 1.82) is 5.26 Å². The number of hydrogen-bond donors (Lipinski definition) is 1. The van der Waals surface area contributed by atoms with E-state index in [1.807, 2.05) is 74.5 Å². The van der Waals surface area contributed by atoms with E-state index in [1.54, 1.807) is 12.1 Å². The predicted octanol–water partition coefficient (Wildman–Crippen LogP) is 7.26. The van der Waals surface area contributed by atoms with Crippen molar-refractivity contribution in [3.05, 3.63) is 112 Å². The van der Waals surface area contributed by atoms with Crippen molar-refractivity contribution in [2.45, 2.75) is 26.5 Å². The van der Waals surface area contributed by atoms with E-state index in [0.717, 1.165) is 21.9 Å². The van der Waals surface area contributed by atoms with Crippen LogP contribution in [0.3, 0.4) is 0 Å². The number of carbonyl (C=O) groups is 1. The third-order valence-electron chi connectivity index (χ3n) is 5.91. The summed E-state index contributed by atoms with van der Waals surface area (Å²) in [6.45, 7) is 4.44. The van der Waals surface area contributed by atoms with Gasteiger partial charge in [-0.3, -0.25) is 4.79 Å². The highest BCUT2D eigenvalue weighted by atomic mass is 35.5. The number of fused-ring (bicyclic) bond motifs is 1. The zero-order valence-electron chi connectivity index (χ0n) is 20.7. The SMILES string of the molecule is CCOc1cc(/C=C(/C#N)C(=O)N[C@@H](C)c2ccccc2)cc(Cl)c1OCc1cccc2ccccc12. The molecule has 4 aromatic carbocycles. The molecule has 0 radical (unpaired) electrons. The molecule has 0 aliphatic heterocycles. The quantitative estimate of drug-likeness (QED) is 0.190. The first-order chi connectivity index (χ1) is 18.0. The highest BCUT2D eigenvalue weighted by Gasteiger charge is 2.17. The summed E-state index contributed by atoms with van der Waals surface area (Å²) in [5.41, 5.74) is 2.50. The zero-order valence-corrected chi connectivity index (χ0v) is 21.5. The normalized spacial score (nSPS) is 12.0. The summed E-state index contributed by atoms with van der Waals surface area (Å²) in [6.07, 6.45) is 1.50. The Morgan fingerprint density at radius 1 is 1.03 bits per heavy atom. The first-order valence-electron chi connectivity index (χ1n) is 12.0. The van der Waals surface area contributed by atoms with E-state index in [4.69, 9.17) is 21.1 Å². The fraction of sp³-hybridized carbons (Fsp3) is 0.161. The number of amides is 1. The molecule has 6 heteroatoms. The third kappa shape index (κ3) is 6.30. The smallest absolute Gasteiger partial charge is 0.262 e. The van der Waals surface area contributed by atoms with E-state index < -0.39 is 5.91 Å². The minimum absolute atomic E-state index is 0.0364. The average molecular weight is 511 g/mol. The number of ether oxygens (including phenoxy) is 2. The molecule has 5 nitrogen and oxygen atoms in total. The molecule has 1 amide bonds. The predicted molar refractivity (Wildman–Crippen MR) is 147 cm³/mol. The standard InChI is InChI=1S/C31H27ClN2O3/c1-3-36-29-18-22(16-26(19-33)31(35)34-21(2)23-10-5-4-6-11-23)17-28(32)30(29)37-20-25-14-9-13-24-12-7-8-15-27(24)25/h4-18,21H,3,20H2,1-2H3,(H,34,35)/b26-16-/t21-/m0/s1. The van der Waals surface area contributed by atoms with Crippen molar-refractivity contribution in [3.8, 4) is 17.6 Å². The molecule has 4 aromatic rings. The summed E-state index contributed by atoms with van der Waals surface area (Å²) in [5, 5.41) is 15.1. The second-order valence-electron chi connectivity index (χ2n) is 8.47. The van der Waals surface area contributed by atoms with Gasteiger partial charge in [-0.2, -0.15) is 5.26 Å². The maximum Gasteiger partial charge on any atom is 0.262 e. The van der Waals surface area contributed by atoms with Crippen molar-refractivity contribution in [2.24, 2.45) is 0 Å². The van der Waals surface area contributed by atoms with Gasteiger partial charge in [0.25, 0.3) is 5.91 Å². The fourth-order valence-corrected chi connectivity index (χ4v) is 4.33. The molecular weight excluding hydrogens is 484 g/mol. The Balaban J connectivity index is 1.57. The first-order valence-corrected chi connectivity index (χ1v) is 12.4. The van der Waals surface area contributed by atoms with Crippen LogP contribution in [-0.4, -0.2) is 12.5 Å². The van der Waals surface area contributed by atoms with Gasteiger partial charge >= 0.3 is 0 Å². The van der Waals surface area contributed by atoms with Gasteiger partial charge in [0, 0.05) is 0 Å². The van der Waals surface area contributed by atoms with Gasteiger partial charge in [-0.15, -0.1) is 0 Å². The topological polar surface area (TPSA) is 71.3 Å². The van der Waals surface area contributed by atoms with Crippen LogP contribution in [0.5, 0.6) is 11.5 Å². The second-order valence-corrected chi connectivity index (χ2v) is 8.87. The van der Waals surface area contributed by atoms with Gasteiger partial charge in [0.15, 0.2) is 11.5 Å². The lowest BCUT2D eigenvalue weighted by Crippen LogP contribution is -2.27. The number of nitrogens with one attached hydrogen (secondary N) is 1. The van der Waals surface area contributed by atoms with Gasteiger partial charge in [0.1, 0.15) is 18.2 Å². The van der Waals surface area contributed by atoms with E-state index in [2.05, 4.69) is 23.5 Å². The Morgan fingerprint density at radius 3 is 2.51 bits per heavy atom. The number of carbonyl (C=O) groups excluding carboxylic acids is 1. The second kappa shape index (κ2) is 12.1. The van der Waals surface area contributed by atoms with Crippen LogP contribution in [0.15, 0.2) is 90.5 Å². The molecule has 0 heterocycles. The molecule has 0 unspecified atom stereocenters. The number of benzene rings is 4. The molecule has 0 bridgehead atoms. The molecule has 0 aromatic heterocycles. The van der Waals surface area contributed by atoms with Crippen molar-refractivity contribution in [1.82, 2.24) is 5.32 Å². The number of halogens is 1. The summed E-state index contributed by atoms with van der Waals surface area (Å²) in [4.78, 5) is 12.8. The molecular formula is C31H27ClN2O3. The number of rotatable bonds is 9. The van der Waals surface area contributed by atoms with E-state index in [0.29, 0.717) is 35.3 Å². The summed E-state index contributed by atoms with van der Waals surface area (Å²) >= 11 is 6.61. The lowest BCUT2D eigenvalue weighted by atomic mass is 10.1. The first kappa shape index (κ1) is 25.8. The van der Waals surface area contributed by atoms with Crippen molar-refractivity contribution < 1.29 is 14.3 Å². The average Bonchev–Trinajstić information content (AvgIpc) is 2.92. The molecule has 0 fully saturated rings. The Hall–Kier alpha value is -4.27. The van der Waals surface area contributed by atoms with Crippen LogP contribution in [0.4, 0.5) is 0 Å². The van der Waals surface area contributed by atoms with E-state index in [-0.39, 0.29) is 11.6 Å². The Kier molecular flexibility index (Phi) is 8.45. The van der Waals surface area contributed by atoms with Crippen LogP contribution in [0.1, 0.15) is 36.6 Å². The third-order valence-corrected chi connectivity index (χ3v) is 6.19. The molecule has 0 aliphatic rings. The molecule has 0 saturated carbocycles. The van der Waals surface area contributed by atoms with Gasteiger partial charge < -0.3 is 14.8 Å². The minimum atomic E-state index is -0.468. The van der Waals surface area contributed by atoms with Crippen molar-refractivity contribution in [3.63, 3.8) is 0 Å². The minimum Gasteiger partial charge on any atom is -0.490 e. The number of nitriles is 1. The molecule has 0 saturated heterocycles. The lowest BCUT2D eigenvalue weighted by Gasteiger charge is -2.16. The van der Waals surface area contributed by atoms with Crippen molar-refractivity contribution in [2.75, 3.05) is 6.61 Å². The van der Waals surface area contributed by atoms with Crippen molar-refractivity contribution >= 4 is 34.4 Å². The van der Waals surface area contributed by atoms with Crippen LogP contribution in [0, 0.1) is 11.3 Å². The number of nitrogens with zero attached hydrogens (tertiary/aromatic N) is 1. The maximum atomic E-state index is 12.8. The van der Waals surface area contributed by atoms with Gasteiger partial charge in [-0.05, 0) is 59.5 Å². The monoisotopic (exact) mass is 510 g/mol. The molecule has 186 valence electrons. The van der Waals surface area contributed by atoms with Crippen LogP contribution in [-0.2, 0) is 11.4 Å². The van der Waals surface area contributed by atoms with Crippen LogP contribution in [0.25, 0.3) is 16.8 Å². The lowest BCUT2D eigenvalue weighted by molar-refractivity contribution is -0.117.